The zero-order valence-corrected chi connectivity index (χ0v) is 11.7. The summed E-state index contributed by atoms with van der Waals surface area (Å²) in [4.78, 5) is 13.3. The second-order valence-corrected chi connectivity index (χ2v) is 4.80. The number of nitrogens with one attached hydrogen (secondary N) is 1. The van der Waals surface area contributed by atoms with Gasteiger partial charge >= 0.3 is 0 Å². The molecule has 1 aromatic carbocycles. The highest BCUT2D eigenvalue weighted by Crippen LogP contribution is 2.17. The Morgan fingerprint density at radius 1 is 1.33 bits per heavy atom. The second-order valence-electron chi connectivity index (χ2n) is 4.80. The molecule has 4 nitrogen and oxygen atoms in total. The highest BCUT2D eigenvalue weighted by Gasteiger charge is 2.13. The molecule has 0 fully saturated rings. The van der Waals surface area contributed by atoms with Gasteiger partial charge in [-0.15, -0.1) is 0 Å². The SMILES string of the molecule is CNC(CCN(C)c1cc(C)cc(C)c1)C(N)=O. The van der Waals surface area contributed by atoms with Gasteiger partial charge in [-0.3, -0.25) is 4.79 Å². The molecule has 0 aromatic heterocycles. The molecule has 0 spiro atoms. The van der Waals surface area contributed by atoms with Gasteiger partial charge in [0, 0.05) is 19.3 Å². The molecule has 0 saturated heterocycles. The predicted octanol–water partition coefficient (Wildman–Crippen LogP) is 1.20. The number of carbonyl (C=O) groups is 1. The molecule has 1 rings (SSSR count). The number of rotatable bonds is 6. The Kier molecular flexibility index (Phi) is 5.16. The number of likely N-dealkylation sites (N-methyl/N-ethyl adjacent to an activating group) is 1. The van der Waals surface area contributed by atoms with Crippen molar-refractivity contribution in [3.63, 3.8) is 0 Å². The van der Waals surface area contributed by atoms with Crippen LogP contribution in [-0.2, 0) is 4.79 Å². The van der Waals surface area contributed by atoms with E-state index in [1.54, 1.807) is 7.05 Å². The van der Waals surface area contributed by atoms with E-state index >= 15 is 0 Å². The van der Waals surface area contributed by atoms with Crippen LogP contribution in [0.3, 0.4) is 0 Å². The number of carbonyl (C=O) groups excluding carboxylic acids is 1. The van der Waals surface area contributed by atoms with E-state index in [4.69, 9.17) is 5.73 Å². The maximum Gasteiger partial charge on any atom is 0.234 e. The minimum Gasteiger partial charge on any atom is -0.375 e. The first-order valence-electron chi connectivity index (χ1n) is 6.20. The molecule has 0 aliphatic carbocycles. The fraction of sp³-hybridized carbons (Fsp3) is 0.500. The van der Waals surface area contributed by atoms with Crippen LogP contribution >= 0.6 is 0 Å². The Hall–Kier alpha value is -1.55. The predicted molar refractivity (Wildman–Crippen MR) is 75.8 cm³/mol. The van der Waals surface area contributed by atoms with E-state index in [1.165, 1.54) is 16.8 Å². The molecule has 1 amide bonds. The summed E-state index contributed by atoms with van der Waals surface area (Å²) in [6.07, 6.45) is 0.704. The monoisotopic (exact) mass is 249 g/mol. The van der Waals surface area contributed by atoms with Gasteiger partial charge in [0.25, 0.3) is 0 Å². The van der Waals surface area contributed by atoms with Crippen LogP contribution in [-0.4, -0.2) is 32.6 Å². The third kappa shape index (κ3) is 4.04. The molecule has 1 atom stereocenters. The third-order valence-corrected chi connectivity index (χ3v) is 3.09. The van der Waals surface area contributed by atoms with Gasteiger partial charge in [0.15, 0.2) is 0 Å². The molecule has 4 heteroatoms. The maximum absolute atomic E-state index is 11.1. The third-order valence-electron chi connectivity index (χ3n) is 3.09. The van der Waals surface area contributed by atoms with E-state index in [9.17, 15) is 4.79 Å². The van der Waals surface area contributed by atoms with Crippen molar-refractivity contribution in [2.45, 2.75) is 26.3 Å². The van der Waals surface area contributed by atoms with E-state index in [2.05, 4.69) is 42.3 Å². The lowest BCUT2D eigenvalue weighted by Crippen LogP contribution is -2.41. The van der Waals surface area contributed by atoms with Crippen LogP contribution in [0.25, 0.3) is 0 Å². The van der Waals surface area contributed by atoms with Crippen molar-refractivity contribution in [1.29, 1.82) is 0 Å². The molecule has 0 aliphatic heterocycles. The number of hydrogen-bond donors (Lipinski definition) is 2. The number of primary amides is 1. The van der Waals surface area contributed by atoms with Crippen LogP contribution in [0.1, 0.15) is 17.5 Å². The standard InChI is InChI=1S/C14H23N3O/c1-10-7-11(2)9-12(8-10)17(4)6-5-13(16-3)14(15)18/h7-9,13,16H,5-6H2,1-4H3,(H2,15,18). The summed E-state index contributed by atoms with van der Waals surface area (Å²) in [6.45, 7) is 4.96. The highest BCUT2D eigenvalue weighted by molar-refractivity contribution is 5.79. The molecule has 1 aromatic rings. The van der Waals surface area contributed by atoms with Crippen LogP contribution in [0.5, 0.6) is 0 Å². The van der Waals surface area contributed by atoms with Crippen LogP contribution in [0, 0.1) is 13.8 Å². The molecule has 0 saturated carbocycles. The molecule has 0 bridgehead atoms. The number of anilines is 1. The fourth-order valence-electron chi connectivity index (χ4n) is 2.05. The van der Waals surface area contributed by atoms with Crippen molar-refractivity contribution < 1.29 is 4.79 Å². The molecule has 100 valence electrons. The fourth-order valence-corrected chi connectivity index (χ4v) is 2.05. The Labute approximate surface area is 109 Å². The van der Waals surface area contributed by atoms with Gasteiger partial charge in [0.05, 0.1) is 6.04 Å². The summed E-state index contributed by atoms with van der Waals surface area (Å²) in [5.74, 6) is -0.300. The van der Waals surface area contributed by atoms with Crippen LogP contribution in [0.2, 0.25) is 0 Å². The zero-order valence-electron chi connectivity index (χ0n) is 11.7. The first-order chi connectivity index (χ1) is 8.43. The van der Waals surface area contributed by atoms with Crippen molar-refractivity contribution in [1.82, 2.24) is 5.32 Å². The average Bonchev–Trinajstić information content (AvgIpc) is 2.27. The molecular formula is C14H23N3O. The van der Waals surface area contributed by atoms with Crippen molar-refractivity contribution in [3.05, 3.63) is 29.3 Å². The maximum atomic E-state index is 11.1. The summed E-state index contributed by atoms with van der Waals surface area (Å²) in [5, 5.41) is 2.93. The van der Waals surface area contributed by atoms with Gasteiger partial charge in [0.1, 0.15) is 0 Å². The van der Waals surface area contributed by atoms with Crippen molar-refractivity contribution in [3.8, 4) is 0 Å². The van der Waals surface area contributed by atoms with Gasteiger partial charge in [0.2, 0.25) is 5.91 Å². The summed E-state index contributed by atoms with van der Waals surface area (Å²) in [7, 11) is 3.79. The van der Waals surface area contributed by atoms with Crippen molar-refractivity contribution in [2.24, 2.45) is 5.73 Å². The molecule has 0 radical (unpaired) electrons. The van der Waals surface area contributed by atoms with Gasteiger partial charge in [-0.05, 0) is 50.6 Å². The van der Waals surface area contributed by atoms with E-state index in [0.717, 1.165) is 6.54 Å². The number of benzene rings is 1. The lowest BCUT2D eigenvalue weighted by atomic mass is 10.1. The van der Waals surface area contributed by atoms with E-state index in [0.29, 0.717) is 6.42 Å². The van der Waals surface area contributed by atoms with Crippen LogP contribution in [0.15, 0.2) is 18.2 Å². The zero-order chi connectivity index (χ0) is 13.7. The molecule has 3 N–H and O–H groups in total. The lowest BCUT2D eigenvalue weighted by Gasteiger charge is -2.22. The summed E-state index contributed by atoms with van der Waals surface area (Å²) < 4.78 is 0. The Morgan fingerprint density at radius 3 is 2.33 bits per heavy atom. The number of aryl methyl sites for hydroxylation is 2. The first kappa shape index (κ1) is 14.5. The number of nitrogens with two attached hydrogens (primary N) is 1. The first-order valence-corrected chi connectivity index (χ1v) is 6.20. The summed E-state index contributed by atoms with van der Waals surface area (Å²) in [5.41, 5.74) is 8.97. The summed E-state index contributed by atoms with van der Waals surface area (Å²) >= 11 is 0. The molecular weight excluding hydrogens is 226 g/mol. The van der Waals surface area contributed by atoms with Gasteiger partial charge in [-0.2, -0.15) is 0 Å². The van der Waals surface area contributed by atoms with Gasteiger partial charge in [-0.1, -0.05) is 6.07 Å². The van der Waals surface area contributed by atoms with Crippen LogP contribution < -0.4 is 16.0 Å². The van der Waals surface area contributed by atoms with Crippen LogP contribution in [0.4, 0.5) is 5.69 Å². The Morgan fingerprint density at radius 2 is 1.89 bits per heavy atom. The lowest BCUT2D eigenvalue weighted by molar-refractivity contribution is -0.120. The number of amides is 1. The van der Waals surface area contributed by atoms with E-state index in [-0.39, 0.29) is 11.9 Å². The van der Waals surface area contributed by atoms with E-state index < -0.39 is 0 Å². The minimum atomic E-state index is -0.300. The summed E-state index contributed by atoms with van der Waals surface area (Å²) in [6, 6.07) is 6.17. The second kappa shape index (κ2) is 6.40. The molecule has 0 heterocycles. The van der Waals surface area contributed by atoms with Gasteiger partial charge in [-0.25, -0.2) is 0 Å². The largest absolute Gasteiger partial charge is 0.375 e. The minimum absolute atomic E-state index is 0.265. The quantitative estimate of drug-likeness (QED) is 0.796. The normalized spacial score (nSPS) is 12.2. The molecule has 1 unspecified atom stereocenters. The van der Waals surface area contributed by atoms with Crippen molar-refractivity contribution in [2.75, 3.05) is 25.5 Å². The van der Waals surface area contributed by atoms with Gasteiger partial charge < -0.3 is 16.0 Å². The smallest absolute Gasteiger partial charge is 0.234 e. The Bertz CT molecular complexity index is 397. The molecule has 18 heavy (non-hydrogen) atoms. The average molecular weight is 249 g/mol. The molecule has 0 aliphatic rings. The topological polar surface area (TPSA) is 58.4 Å². The Balaban J connectivity index is 2.64. The number of nitrogens with zero attached hydrogens (tertiary/aromatic N) is 1. The van der Waals surface area contributed by atoms with E-state index in [1.807, 2.05) is 7.05 Å². The highest BCUT2D eigenvalue weighted by atomic mass is 16.1. The number of hydrogen-bond acceptors (Lipinski definition) is 3. The van der Waals surface area contributed by atoms with Crippen molar-refractivity contribution >= 4 is 11.6 Å².